The molecule has 1 saturated heterocycles. The van der Waals surface area contributed by atoms with Crippen LogP contribution in [0.4, 0.5) is 0 Å². The van der Waals surface area contributed by atoms with Gasteiger partial charge in [0.2, 0.25) is 0 Å². The van der Waals surface area contributed by atoms with Gasteiger partial charge in [0.1, 0.15) is 11.0 Å². The Labute approximate surface area is 102 Å². The molecular weight excluding hydrogens is 240 g/mol. The number of H-pyrrole nitrogens is 2. The molecule has 2 N–H and O–H groups in total. The fraction of sp³-hybridized carbons (Fsp3) is 0.500. The van der Waals surface area contributed by atoms with Crippen LogP contribution in [0.15, 0.2) is 11.0 Å². The molecule has 0 bridgehead atoms. The molecular formula is C10H12N4O2S. The number of hydrogen-bond donors (Lipinski definition) is 2. The summed E-state index contributed by atoms with van der Waals surface area (Å²) < 4.78 is 7.50. The minimum absolute atomic E-state index is 0.193. The van der Waals surface area contributed by atoms with Crippen molar-refractivity contribution in [2.24, 2.45) is 0 Å². The van der Waals surface area contributed by atoms with E-state index in [4.69, 9.17) is 17.0 Å². The minimum atomic E-state index is -0.193. The molecule has 2 aromatic heterocycles. The first-order valence-corrected chi connectivity index (χ1v) is 5.94. The fourth-order valence-electron chi connectivity index (χ4n) is 2.17. The van der Waals surface area contributed by atoms with Crippen LogP contribution in [0.2, 0.25) is 0 Å². The van der Waals surface area contributed by atoms with Crippen molar-refractivity contribution >= 4 is 23.3 Å². The summed E-state index contributed by atoms with van der Waals surface area (Å²) in [6, 6.07) is 0.272. The van der Waals surface area contributed by atoms with E-state index in [1.807, 2.05) is 4.68 Å². The number of rotatable bonds is 1. The van der Waals surface area contributed by atoms with Gasteiger partial charge in [0, 0.05) is 13.2 Å². The van der Waals surface area contributed by atoms with E-state index in [0.29, 0.717) is 15.8 Å². The highest BCUT2D eigenvalue weighted by Crippen LogP contribution is 2.22. The average molecular weight is 252 g/mol. The standard InChI is InChI=1S/C10H12N4O2S/c15-9-7-5-11-14(6-1-3-16-4-2-6)8(7)12-10(17)13-9/h5-6H,1-4H2,(H2,12,13,15,17). The molecule has 0 amide bonds. The highest BCUT2D eigenvalue weighted by Gasteiger charge is 2.19. The SMILES string of the molecule is O=c1[nH]c(=S)[nH]c2c1cnn2C1CCOCC1. The van der Waals surface area contributed by atoms with Gasteiger partial charge in [-0.1, -0.05) is 0 Å². The molecule has 3 rings (SSSR count). The number of nitrogens with zero attached hydrogens (tertiary/aromatic N) is 2. The van der Waals surface area contributed by atoms with E-state index >= 15 is 0 Å². The van der Waals surface area contributed by atoms with E-state index in [0.717, 1.165) is 26.1 Å². The zero-order chi connectivity index (χ0) is 11.8. The maximum Gasteiger partial charge on any atom is 0.262 e. The Morgan fingerprint density at radius 2 is 2.18 bits per heavy atom. The predicted octanol–water partition coefficient (Wildman–Crippen LogP) is 1.13. The second-order valence-electron chi connectivity index (χ2n) is 4.10. The Balaban J connectivity index is 2.17. The first-order valence-electron chi connectivity index (χ1n) is 5.53. The summed E-state index contributed by atoms with van der Waals surface area (Å²) in [5, 5.41) is 4.83. The van der Waals surface area contributed by atoms with Crippen LogP contribution in [0.5, 0.6) is 0 Å². The summed E-state index contributed by atoms with van der Waals surface area (Å²) >= 11 is 4.98. The zero-order valence-electron chi connectivity index (χ0n) is 9.10. The third kappa shape index (κ3) is 1.81. The van der Waals surface area contributed by atoms with Gasteiger partial charge in [-0.05, 0) is 25.1 Å². The molecule has 0 radical (unpaired) electrons. The molecule has 2 aromatic rings. The van der Waals surface area contributed by atoms with Crippen LogP contribution in [-0.4, -0.2) is 33.0 Å². The second-order valence-corrected chi connectivity index (χ2v) is 4.51. The van der Waals surface area contributed by atoms with E-state index in [9.17, 15) is 4.79 Å². The molecule has 0 spiro atoms. The summed E-state index contributed by atoms with van der Waals surface area (Å²) in [5.41, 5.74) is 0.507. The van der Waals surface area contributed by atoms with Crippen LogP contribution < -0.4 is 5.56 Å². The lowest BCUT2D eigenvalue weighted by molar-refractivity contribution is 0.0673. The Morgan fingerprint density at radius 3 is 2.94 bits per heavy atom. The van der Waals surface area contributed by atoms with Gasteiger partial charge in [-0.25, -0.2) is 4.68 Å². The fourth-order valence-corrected chi connectivity index (χ4v) is 2.36. The van der Waals surface area contributed by atoms with E-state index in [1.54, 1.807) is 6.20 Å². The zero-order valence-corrected chi connectivity index (χ0v) is 9.92. The normalized spacial score (nSPS) is 17.6. The Morgan fingerprint density at radius 1 is 1.41 bits per heavy atom. The van der Waals surface area contributed by atoms with Crippen molar-refractivity contribution in [1.29, 1.82) is 0 Å². The summed E-state index contributed by atoms with van der Waals surface area (Å²) in [7, 11) is 0. The first kappa shape index (κ1) is 10.7. The molecule has 90 valence electrons. The van der Waals surface area contributed by atoms with Crippen molar-refractivity contribution < 1.29 is 4.74 Å². The van der Waals surface area contributed by atoms with E-state index in [-0.39, 0.29) is 11.6 Å². The number of fused-ring (bicyclic) bond motifs is 1. The van der Waals surface area contributed by atoms with Crippen molar-refractivity contribution in [3.05, 3.63) is 21.3 Å². The number of nitrogens with one attached hydrogen (secondary N) is 2. The minimum Gasteiger partial charge on any atom is -0.381 e. The van der Waals surface area contributed by atoms with E-state index in [2.05, 4.69) is 15.1 Å². The molecule has 0 unspecified atom stereocenters. The Kier molecular flexibility index (Phi) is 2.56. The lowest BCUT2D eigenvalue weighted by Gasteiger charge is -2.22. The number of hydrogen-bond acceptors (Lipinski definition) is 4. The average Bonchev–Trinajstić information content (AvgIpc) is 2.74. The van der Waals surface area contributed by atoms with Gasteiger partial charge in [0.25, 0.3) is 5.56 Å². The molecule has 1 aliphatic rings. The number of aromatic amines is 2. The molecule has 3 heterocycles. The Hall–Kier alpha value is -1.47. The first-order chi connectivity index (χ1) is 8.25. The second kappa shape index (κ2) is 4.08. The van der Waals surface area contributed by atoms with Gasteiger partial charge in [0.15, 0.2) is 4.77 Å². The third-order valence-electron chi connectivity index (χ3n) is 3.04. The monoisotopic (exact) mass is 252 g/mol. The topological polar surface area (TPSA) is 75.7 Å². The van der Waals surface area contributed by atoms with Crippen molar-refractivity contribution in [3.8, 4) is 0 Å². The van der Waals surface area contributed by atoms with Crippen LogP contribution in [0.1, 0.15) is 18.9 Å². The van der Waals surface area contributed by atoms with Gasteiger partial charge in [-0.2, -0.15) is 5.10 Å². The Bertz CT molecular complexity index is 650. The van der Waals surface area contributed by atoms with Gasteiger partial charge >= 0.3 is 0 Å². The van der Waals surface area contributed by atoms with Crippen LogP contribution in [0.25, 0.3) is 11.0 Å². The van der Waals surface area contributed by atoms with Crippen LogP contribution in [-0.2, 0) is 4.74 Å². The maximum atomic E-state index is 11.7. The summed E-state index contributed by atoms with van der Waals surface area (Å²) in [5.74, 6) is 0. The van der Waals surface area contributed by atoms with Crippen LogP contribution in [0.3, 0.4) is 0 Å². The van der Waals surface area contributed by atoms with Crippen molar-refractivity contribution in [2.45, 2.75) is 18.9 Å². The quantitative estimate of drug-likeness (QED) is 0.746. The van der Waals surface area contributed by atoms with Gasteiger partial charge < -0.3 is 9.72 Å². The summed E-state index contributed by atoms with van der Waals surface area (Å²) in [6.07, 6.45) is 3.39. The van der Waals surface area contributed by atoms with E-state index in [1.165, 1.54) is 0 Å². The molecule has 0 atom stereocenters. The third-order valence-corrected chi connectivity index (χ3v) is 3.24. The largest absolute Gasteiger partial charge is 0.381 e. The molecule has 0 saturated carbocycles. The molecule has 0 aliphatic carbocycles. The van der Waals surface area contributed by atoms with Crippen molar-refractivity contribution in [1.82, 2.24) is 19.7 Å². The molecule has 6 nitrogen and oxygen atoms in total. The smallest absolute Gasteiger partial charge is 0.262 e. The molecule has 1 fully saturated rings. The van der Waals surface area contributed by atoms with Crippen molar-refractivity contribution in [2.75, 3.05) is 13.2 Å². The lowest BCUT2D eigenvalue weighted by atomic mass is 10.1. The lowest BCUT2D eigenvalue weighted by Crippen LogP contribution is -2.21. The molecule has 0 aromatic carbocycles. The van der Waals surface area contributed by atoms with E-state index < -0.39 is 0 Å². The van der Waals surface area contributed by atoms with Gasteiger partial charge in [0.05, 0.1) is 12.2 Å². The maximum absolute atomic E-state index is 11.7. The van der Waals surface area contributed by atoms with Crippen LogP contribution >= 0.6 is 12.2 Å². The summed E-state index contributed by atoms with van der Waals surface area (Å²) in [6.45, 7) is 1.46. The highest BCUT2D eigenvalue weighted by atomic mass is 32.1. The van der Waals surface area contributed by atoms with Gasteiger partial charge in [-0.15, -0.1) is 0 Å². The molecule has 7 heteroatoms. The van der Waals surface area contributed by atoms with Crippen LogP contribution in [0, 0.1) is 4.77 Å². The number of aromatic nitrogens is 4. The molecule has 1 aliphatic heterocycles. The van der Waals surface area contributed by atoms with Crippen molar-refractivity contribution in [3.63, 3.8) is 0 Å². The predicted molar refractivity (Wildman–Crippen MR) is 64.6 cm³/mol. The molecule has 17 heavy (non-hydrogen) atoms. The van der Waals surface area contributed by atoms with Gasteiger partial charge in [-0.3, -0.25) is 9.78 Å². The highest BCUT2D eigenvalue weighted by molar-refractivity contribution is 7.71. The summed E-state index contributed by atoms with van der Waals surface area (Å²) in [4.78, 5) is 17.2. The number of ether oxygens (including phenoxy) is 1.